The first-order valence-electron chi connectivity index (χ1n) is 8.38. The predicted octanol–water partition coefficient (Wildman–Crippen LogP) is 3.01. The molecule has 1 aliphatic heterocycles. The van der Waals surface area contributed by atoms with Crippen LogP contribution in [0.4, 0.5) is 0 Å². The normalized spacial score (nSPS) is 21.4. The van der Waals surface area contributed by atoms with Crippen LogP contribution in [0.2, 0.25) is 0 Å². The third-order valence-electron chi connectivity index (χ3n) is 4.35. The van der Waals surface area contributed by atoms with Gasteiger partial charge in [0.2, 0.25) is 0 Å². The molecule has 2 unspecified atom stereocenters. The molecule has 0 aliphatic carbocycles. The van der Waals surface area contributed by atoms with E-state index in [1.54, 1.807) is 0 Å². The van der Waals surface area contributed by atoms with Crippen LogP contribution in [0.1, 0.15) is 44.4 Å². The van der Waals surface area contributed by atoms with Crippen LogP contribution in [0.5, 0.6) is 0 Å². The summed E-state index contributed by atoms with van der Waals surface area (Å²) in [5, 5.41) is 3.71. The van der Waals surface area contributed by atoms with Crippen molar-refractivity contribution in [2.45, 2.75) is 45.7 Å². The summed E-state index contributed by atoms with van der Waals surface area (Å²) in [5.74, 6) is 0. The first-order valence-corrected chi connectivity index (χ1v) is 8.38. The molecule has 1 N–H and O–H groups in total. The van der Waals surface area contributed by atoms with Crippen molar-refractivity contribution < 1.29 is 4.74 Å². The molecule has 1 heterocycles. The van der Waals surface area contributed by atoms with Crippen LogP contribution in [-0.2, 0) is 11.2 Å². The molecule has 0 spiro atoms. The fourth-order valence-corrected chi connectivity index (χ4v) is 2.86. The van der Waals surface area contributed by atoms with E-state index in [1.807, 2.05) is 0 Å². The van der Waals surface area contributed by atoms with E-state index < -0.39 is 0 Å². The minimum atomic E-state index is 0.413. The van der Waals surface area contributed by atoms with Gasteiger partial charge >= 0.3 is 0 Å². The van der Waals surface area contributed by atoms with Crippen molar-refractivity contribution in [3.63, 3.8) is 0 Å². The molecule has 0 aromatic heterocycles. The van der Waals surface area contributed by atoms with Crippen molar-refractivity contribution in [3.05, 3.63) is 35.4 Å². The Balaban J connectivity index is 2.05. The van der Waals surface area contributed by atoms with Crippen LogP contribution in [0.15, 0.2) is 24.3 Å². The molecule has 0 radical (unpaired) electrons. The minimum Gasteiger partial charge on any atom is -0.379 e. The molecule has 2 rings (SSSR count). The summed E-state index contributed by atoms with van der Waals surface area (Å²) in [6.07, 6.45) is 2.27. The quantitative estimate of drug-likeness (QED) is 0.835. The van der Waals surface area contributed by atoms with E-state index >= 15 is 0 Å². The van der Waals surface area contributed by atoms with Crippen LogP contribution in [0.25, 0.3) is 0 Å². The molecule has 3 nitrogen and oxygen atoms in total. The van der Waals surface area contributed by atoms with E-state index in [0.717, 1.165) is 39.3 Å². The van der Waals surface area contributed by atoms with E-state index in [0.29, 0.717) is 12.1 Å². The van der Waals surface area contributed by atoms with Gasteiger partial charge in [-0.05, 0) is 37.4 Å². The Morgan fingerprint density at radius 3 is 2.67 bits per heavy atom. The standard InChI is InChI=1S/C18H30N2O/c1-4-10-19-18(13-20-11-12-21-14-15(20)3)17-8-6-16(5-2)7-9-17/h6-9,15,18-19H,4-5,10-14H2,1-3H3. The number of aryl methyl sites for hydroxylation is 1. The summed E-state index contributed by atoms with van der Waals surface area (Å²) in [7, 11) is 0. The Bertz CT molecular complexity index is 404. The van der Waals surface area contributed by atoms with Gasteiger partial charge in [0, 0.05) is 25.2 Å². The van der Waals surface area contributed by atoms with E-state index in [2.05, 4.69) is 55.3 Å². The highest BCUT2D eigenvalue weighted by atomic mass is 16.5. The predicted molar refractivity (Wildman–Crippen MR) is 88.7 cm³/mol. The number of nitrogens with zero attached hydrogens (tertiary/aromatic N) is 1. The molecule has 0 bridgehead atoms. The second-order valence-electron chi connectivity index (χ2n) is 6.02. The number of hydrogen-bond donors (Lipinski definition) is 1. The second-order valence-corrected chi connectivity index (χ2v) is 6.02. The monoisotopic (exact) mass is 290 g/mol. The average molecular weight is 290 g/mol. The fraction of sp³-hybridized carbons (Fsp3) is 0.667. The van der Waals surface area contributed by atoms with Crippen molar-refractivity contribution in [1.82, 2.24) is 10.2 Å². The summed E-state index contributed by atoms with van der Waals surface area (Å²) in [6, 6.07) is 10.0. The van der Waals surface area contributed by atoms with Crippen LogP contribution < -0.4 is 5.32 Å². The van der Waals surface area contributed by atoms with Crippen molar-refractivity contribution >= 4 is 0 Å². The highest BCUT2D eigenvalue weighted by molar-refractivity contribution is 5.25. The van der Waals surface area contributed by atoms with Crippen molar-refractivity contribution in [2.75, 3.05) is 32.8 Å². The van der Waals surface area contributed by atoms with Gasteiger partial charge in [0.05, 0.1) is 13.2 Å². The zero-order chi connectivity index (χ0) is 15.1. The molecule has 21 heavy (non-hydrogen) atoms. The lowest BCUT2D eigenvalue weighted by Crippen LogP contribution is -2.47. The van der Waals surface area contributed by atoms with Crippen molar-refractivity contribution in [2.24, 2.45) is 0 Å². The van der Waals surface area contributed by atoms with Crippen LogP contribution in [0.3, 0.4) is 0 Å². The molecule has 1 aromatic rings. The molecule has 1 saturated heterocycles. The molecule has 0 saturated carbocycles. The maximum atomic E-state index is 5.55. The lowest BCUT2D eigenvalue weighted by molar-refractivity contribution is -0.00448. The number of nitrogens with one attached hydrogen (secondary N) is 1. The Morgan fingerprint density at radius 2 is 2.05 bits per heavy atom. The van der Waals surface area contributed by atoms with E-state index in [4.69, 9.17) is 4.74 Å². The molecule has 118 valence electrons. The zero-order valence-corrected chi connectivity index (χ0v) is 13.8. The van der Waals surface area contributed by atoms with Gasteiger partial charge in [0.1, 0.15) is 0 Å². The summed E-state index contributed by atoms with van der Waals surface area (Å²) >= 11 is 0. The van der Waals surface area contributed by atoms with Gasteiger partial charge in [-0.1, -0.05) is 38.1 Å². The van der Waals surface area contributed by atoms with Gasteiger partial charge in [0.25, 0.3) is 0 Å². The number of hydrogen-bond acceptors (Lipinski definition) is 3. The summed E-state index contributed by atoms with van der Waals surface area (Å²) < 4.78 is 5.55. The van der Waals surface area contributed by atoms with Gasteiger partial charge in [-0.3, -0.25) is 4.90 Å². The Labute approximate surface area is 129 Å². The van der Waals surface area contributed by atoms with Gasteiger partial charge in [-0.15, -0.1) is 0 Å². The Morgan fingerprint density at radius 1 is 1.29 bits per heavy atom. The average Bonchev–Trinajstić information content (AvgIpc) is 2.53. The minimum absolute atomic E-state index is 0.413. The Kier molecular flexibility index (Phi) is 6.68. The fourth-order valence-electron chi connectivity index (χ4n) is 2.86. The smallest absolute Gasteiger partial charge is 0.0619 e. The molecule has 2 atom stereocenters. The second kappa shape index (κ2) is 8.52. The first-order chi connectivity index (χ1) is 10.2. The van der Waals surface area contributed by atoms with Crippen LogP contribution >= 0.6 is 0 Å². The third-order valence-corrected chi connectivity index (χ3v) is 4.35. The number of ether oxygens (including phenoxy) is 1. The molecule has 3 heteroatoms. The van der Waals surface area contributed by atoms with Crippen LogP contribution in [-0.4, -0.2) is 43.8 Å². The van der Waals surface area contributed by atoms with E-state index in [1.165, 1.54) is 17.5 Å². The first kappa shape index (κ1) is 16.5. The number of rotatable bonds is 7. The summed E-state index contributed by atoms with van der Waals surface area (Å²) in [4.78, 5) is 2.55. The maximum absolute atomic E-state index is 5.55. The van der Waals surface area contributed by atoms with Crippen molar-refractivity contribution in [1.29, 1.82) is 0 Å². The SMILES string of the molecule is CCCNC(CN1CCOCC1C)c1ccc(CC)cc1. The molecular formula is C18H30N2O. The highest BCUT2D eigenvalue weighted by Crippen LogP contribution is 2.18. The van der Waals surface area contributed by atoms with E-state index in [9.17, 15) is 0 Å². The molecule has 0 amide bonds. The lowest BCUT2D eigenvalue weighted by Gasteiger charge is -2.36. The molecule has 1 fully saturated rings. The topological polar surface area (TPSA) is 24.5 Å². The zero-order valence-electron chi connectivity index (χ0n) is 13.8. The van der Waals surface area contributed by atoms with Crippen LogP contribution in [0, 0.1) is 0 Å². The van der Waals surface area contributed by atoms with Gasteiger partial charge < -0.3 is 10.1 Å². The van der Waals surface area contributed by atoms with E-state index in [-0.39, 0.29) is 0 Å². The summed E-state index contributed by atoms with van der Waals surface area (Å²) in [5.41, 5.74) is 2.81. The lowest BCUT2D eigenvalue weighted by atomic mass is 10.0. The number of benzene rings is 1. The highest BCUT2D eigenvalue weighted by Gasteiger charge is 2.22. The van der Waals surface area contributed by atoms with Gasteiger partial charge in [0.15, 0.2) is 0 Å². The third kappa shape index (κ3) is 4.80. The largest absolute Gasteiger partial charge is 0.379 e. The molecule has 1 aliphatic rings. The summed E-state index contributed by atoms with van der Waals surface area (Å²) in [6.45, 7) is 11.6. The van der Waals surface area contributed by atoms with Crippen molar-refractivity contribution in [3.8, 4) is 0 Å². The van der Waals surface area contributed by atoms with Gasteiger partial charge in [-0.2, -0.15) is 0 Å². The van der Waals surface area contributed by atoms with Gasteiger partial charge in [-0.25, -0.2) is 0 Å². The maximum Gasteiger partial charge on any atom is 0.0619 e. The molecular weight excluding hydrogens is 260 g/mol. The number of morpholine rings is 1. The molecule has 1 aromatic carbocycles. The Hall–Kier alpha value is -0.900.